The summed E-state index contributed by atoms with van der Waals surface area (Å²) < 4.78 is 0. The van der Waals surface area contributed by atoms with Crippen molar-refractivity contribution in [2.24, 2.45) is 5.73 Å². The van der Waals surface area contributed by atoms with Crippen LogP contribution in [-0.4, -0.2) is 40.0 Å². The summed E-state index contributed by atoms with van der Waals surface area (Å²) in [5.41, 5.74) is 7.76. The summed E-state index contributed by atoms with van der Waals surface area (Å²) in [6.07, 6.45) is 9.06. The highest BCUT2D eigenvalue weighted by atomic mass is 16.4. The number of aliphatic carboxylic acids is 1. The molecule has 2 rings (SSSR count). The van der Waals surface area contributed by atoms with Gasteiger partial charge in [-0.25, -0.2) is 4.79 Å². The SMILES string of the molecule is C=C1CC(N)C(=O)N2C(C(=O)O)CCCCC2/C1=C/C=C\C. The Labute approximate surface area is 131 Å². The number of carbonyl (C=O) groups excluding carboxylic acids is 1. The average molecular weight is 304 g/mol. The van der Waals surface area contributed by atoms with E-state index in [-0.39, 0.29) is 11.9 Å². The first kappa shape index (κ1) is 16.5. The third kappa shape index (κ3) is 3.14. The lowest BCUT2D eigenvalue weighted by Crippen LogP contribution is -2.54. The van der Waals surface area contributed by atoms with Crippen LogP contribution in [0, 0.1) is 0 Å². The second-order valence-electron chi connectivity index (χ2n) is 5.96. The number of hydrogen-bond acceptors (Lipinski definition) is 3. The lowest BCUT2D eigenvalue weighted by Gasteiger charge is -2.34. The molecule has 2 aliphatic rings. The molecule has 0 aromatic rings. The van der Waals surface area contributed by atoms with Gasteiger partial charge < -0.3 is 15.7 Å². The first-order chi connectivity index (χ1) is 10.5. The van der Waals surface area contributed by atoms with Crippen molar-refractivity contribution in [1.29, 1.82) is 0 Å². The summed E-state index contributed by atoms with van der Waals surface area (Å²) in [5, 5.41) is 9.54. The molecule has 0 aromatic carbocycles. The molecule has 5 nitrogen and oxygen atoms in total. The van der Waals surface area contributed by atoms with Crippen LogP contribution in [0.25, 0.3) is 0 Å². The van der Waals surface area contributed by atoms with E-state index in [1.54, 1.807) is 0 Å². The van der Waals surface area contributed by atoms with Gasteiger partial charge in [0.15, 0.2) is 0 Å². The van der Waals surface area contributed by atoms with E-state index >= 15 is 0 Å². The highest BCUT2D eigenvalue weighted by Crippen LogP contribution is 2.34. The zero-order valence-electron chi connectivity index (χ0n) is 13.0. The minimum atomic E-state index is -0.953. The van der Waals surface area contributed by atoms with E-state index in [4.69, 9.17) is 5.73 Å². The number of nitrogens with zero attached hydrogens (tertiary/aromatic N) is 1. The van der Waals surface area contributed by atoms with Crippen LogP contribution in [0.5, 0.6) is 0 Å². The molecule has 0 radical (unpaired) electrons. The van der Waals surface area contributed by atoms with Gasteiger partial charge in [0.25, 0.3) is 0 Å². The molecule has 5 heteroatoms. The Balaban J connectivity index is 2.53. The predicted octanol–water partition coefficient (Wildman–Crippen LogP) is 2.00. The topological polar surface area (TPSA) is 83.6 Å². The molecule has 0 bridgehead atoms. The van der Waals surface area contributed by atoms with E-state index < -0.39 is 18.1 Å². The zero-order chi connectivity index (χ0) is 16.3. The number of fused-ring (bicyclic) bond motifs is 1. The van der Waals surface area contributed by atoms with Crippen molar-refractivity contribution in [2.45, 2.75) is 57.2 Å². The first-order valence-corrected chi connectivity index (χ1v) is 7.79. The molecule has 3 unspecified atom stereocenters. The van der Waals surface area contributed by atoms with Crippen LogP contribution in [0.2, 0.25) is 0 Å². The number of nitrogens with two attached hydrogens (primary N) is 1. The lowest BCUT2D eigenvalue weighted by atomic mass is 9.93. The Morgan fingerprint density at radius 2 is 2.09 bits per heavy atom. The summed E-state index contributed by atoms with van der Waals surface area (Å²) >= 11 is 0. The molecule has 2 fully saturated rings. The molecule has 3 atom stereocenters. The van der Waals surface area contributed by atoms with Gasteiger partial charge in [-0.1, -0.05) is 37.6 Å². The molecular formula is C17H24N2O3. The second kappa shape index (κ2) is 6.92. The van der Waals surface area contributed by atoms with Crippen LogP contribution >= 0.6 is 0 Å². The average Bonchev–Trinajstić information content (AvgIpc) is 2.73. The summed E-state index contributed by atoms with van der Waals surface area (Å²) in [4.78, 5) is 25.8. The molecule has 1 amide bonds. The minimum Gasteiger partial charge on any atom is -0.480 e. The number of carboxylic acids is 1. The minimum absolute atomic E-state index is 0.242. The van der Waals surface area contributed by atoms with Crippen molar-refractivity contribution in [3.05, 3.63) is 36.0 Å². The molecule has 2 aliphatic heterocycles. The van der Waals surface area contributed by atoms with Gasteiger partial charge in [0.2, 0.25) is 5.91 Å². The molecule has 0 saturated carbocycles. The van der Waals surface area contributed by atoms with Gasteiger partial charge in [-0.3, -0.25) is 4.79 Å². The summed E-state index contributed by atoms with van der Waals surface area (Å²) in [5.74, 6) is -1.23. The molecule has 0 spiro atoms. The highest BCUT2D eigenvalue weighted by Gasteiger charge is 2.42. The van der Waals surface area contributed by atoms with Gasteiger partial charge in [0, 0.05) is 0 Å². The van der Waals surface area contributed by atoms with E-state index in [0.717, 1.165) is 30.4 Å². The number of hydrogen-bond donors (Lipinski definition) is 2. The van der Waals surface area contributed by atoms with Crippen LogP contribution < -0.4 is 5.73 Å². The first-order valence-electron chi connectivity index (χ1n) is 7.79. The maximum atomic E-state index is 12.7. The third-order valence-corrected chi connectivity index (χ3v) is 4.44. The second-order valence-corrected chi connectivity index (χ2v) is 5.96. The molecular weight excluding hydrogens is 280 g/mol. The largest absolute Gasteiger partial charge is 0.480 e. The fraction of sp³-hybridized carbons (Fsp3) is 0.529. The van der Waals surface area contributed by atoms with Crippen molar-refractivity contribution >= 4 is 11.9 Å². The quantitative estimate of drug-likeness (QED) is 0.817. The van der Waals surface area contributed by atoms with Gasteiger partial charge >= 0.3 is 5.97 Å². The monoisotopic (exact) mass is 304 g/mol. The van der Waals surface area contributed by atoms with E-state index in [2.05, 4.69) is 6.58 Å². The summed E-state index contributed by atoms with van der Waals surface area (Å²) in [6, 6.07) is -1.76. The van der Waals surface area contributed by atoms with E-state index in [0.29, 0.717) is 12.8 Å². The fourth-order valence-electron chi connectivity index (χ4n) is 3.35. The Kier molecular flexibility index (Phi) is 5.19. The Bertz CT molecular complexity index is 536. The van der Waals surface area contributed by atoms with Gasteiger partial charge in [-0.15, -0.1) is 0 Å². The molecule has 3 N–H and O–H groups in total. The smallest absolute Gasteiger partial charge is 0.326 e. The van der Waals surface area contributed by atoms with Crippen molar-refractivity contribution in [3.8, 4) is 0 Å². The lowest BCUT2D eigenvalue weighted by molar-refractivity contribution is -0.152. The molecule has 2 saturated heterocycles. The number of allylic oxidation sites excluding steroid dienone is 3. The highest BCUT2D eigenvalue weighted by molar-refractivity contribution is 5.88. The van der Waals surface area contributed by atoms with E-state index in [1.165, 1.54) is 4.90 Å². The standard InChI is InChI=1S/C17H24N2O3/c1-3-4-7-12-11(2)10-13(18)16(20)19-14(12)8-5-6-9-15(19)17(21)22/h3-4,7,13-15H,2,5-6,8-10,18H2,1H3,(H,21,22)/b4-3-,12-7+. The summed E-state index contributed by atoms with van der Waals surface area (Å²) in [7, 11) is 0. The van der Waals surface area contributed by atoms with Gasteiger partial charge in [-0.05, 0) is 37.3 Å². The Hall–Kier alpha value is -1.88. The number of carbonyl (C=O) groups is 2. The molecule has 2 heterocycles. The van der Waals surface area contributed by atoms with Crippen LogP contribution in [0.4, 0.5) is 0 Å². The van der Waals surface area contributed by atoms with Gasteiger partial charge in [0.1, 0.15) is 6.04 Å². The van der Waals surface area contributed by atoms with Crippen molar-refractivity contribution in [3.63, 3.8) is 0 Å². The van der Waals surface area contributed by atoms with Crippen molar-refractivity contribution < 1.29 is 14.7 Å². The zero-order valence-corrected chi connectivity index (χ0v) is 13.0. The Morgan fingerprint density at radius 3 is 2.73 bits per heavy atom. The van der Waals surface area contributed by atoms with E-state index in [9.17, 15) is 14.7 Å². The maximum Gasteiger partial charge on any atom is 0.326 e. The number of amides is 1. The number of carboxylic acid groups (broad SMARTS) is 1. The Morgan fingerprint density at radius 1 is 1.41 bits per heavy atom. The van der Waals surface area contributed by atoms with Crippen LogP contribution in [0.1, 0.15) is 39.0 Å². The molecule has 22 heavy (non-hydrogen) atoms. The number of rotatable bonds is 2. The van der Waals surface area contributed by atoms with Crippen molar-refractivity contribution in [1.82, 2.24) is 4.90 Å². The van der Waals surface area contributed by atoms with Crippen LogP contribution in [-0.2, 0) is 9.59 Å². The maximum absolute atomic E-state index is 12.7. The van der Waals surface area contributed by atoms with E-state index in [1.807, 2.05) is 25.2 Å². The van der Waals surface area contributed by atoms with Gasteiger partial charge in [0.05, 0.1) is 12.1 Å². The van der Waals surface area contributed by atoms with Crippen molar-refractivity contribution in [2.75, 3.05) is 0 Å². The fourth-order valence-corrected chi connectivity index (χ4v) is 3.35. The molecule has 120 valence electrons. The van der Waals surface area contributed by atoms with Crippen LogP contribution in [0.3, 0.4) is 0 Å². The molecule has 0 aromatic heterocycles. The molecule has 0 aliphatic carbocycles. The summed E-state index contributed by atoms with van der Waals surface area (Å²) in [6.45, 7) is 5.99. The predicted molar refractivity (Wildman–Crippen MR) is 85.2 cm³/mol. The van der Waals surface area contributed by atoms with Gasteiger partial charge in [-0.2, -0.15) is 0 Å². The third-order valence-electron chi connectivity index (χ3n) is 4.44. The van der Waals surface area contributed by atoms with Crippen LogP contribution in [0.15, 0.2) is 36.0 Å². The normalized spacial score (nSPS) is 32.0.